The molecule has 1 aliphatic heterocycles. The van der Waals surface area contributed by atoms with Crippen molar-refractivity contribution >= 4 is 11.8 Å². The number of aryl methyl sites for hydroxylation is 1. The zero-order chi connectivity index (χ0) is 15.4. The quantitative estimate of drug-likeness (QED) is 0.412. The van der Waals surface area contributed by atoms with Gasteiger partial charge in [0, 0.05) is 30.8 Å². The second kappa shape index (κ2) is 6.49. The minimum Gasteiger partial charge on any atom is -0.341 e. The molecule has 1 aliphatic rings. The van der Waals surface area contributed by atoms with Crippen LogP contribution in [-0.4, -0.2) is 39.4 Å². The van der Waals surface area contributed by atoms with Crippen molar-refractivity contribution in [2.75, 3.05) is 13.1 Å². The fourth-order valence-electron chi connectivity index (χ4n) is 2.39. The number of nitrogens with zero attached hydrogens (tertiary/aromatic N) is 3. The molecule has 0 aliphatic carbocycles. The Morgan fingerprint density at radius 2 is 2.10 bits per heavy atom. The Morgan fingerprint density at radius 3 is 2.67 bits per heavy atom. The number of rotatable bonds is 3. The van der Waals surface area contributed by atoms with Crippen molar-refractivity contribution < 1.29 is 9.59 Å². The molecule has 8 heteroatoms. The Morgan fingerprint density at radius 1 is 1.43 bits per heavy atom. The van der Waals surface area contributed by atoms with E-state index in [2.05, 4.69) is 10.4 Å². The Balaban J connectivity index is 1.93. The molecule has 2 rings (SSSR count). The molecule has 2 heterocycles. The van der Waals surface area contributed by atoms with E-state index < -0.39 is 0 Å². The Bertz CT molecular complexity index is 590. The number of hydrogen-bond donors (Lipinski definition) is 2. The van der Waals surface area contributed by atoms with E-state index >= 15 is 0 Å². The lowest BCUT2D eigenvalue weighted by Gasteiger charge is -2.31. The van der Waals surface area contributed by atoms with Crippen molar-refractivity contribution in [2.24, 2.45) is 11.8 Å². The monoisotopic (exact) mass is 293 g/mol. The number of likely N-dealkylation sites (tertiary alicyclic amines) is 1. The minimum atomic E-state index is -0.242. The first kappa shape index (κ1) is 15.2. The number of carbonyl (C=O) groups is 2. The van der Waals surface area contributed by atoms with Crippen molar-refractivity contribution in [1.29, 1.82) is 0 Å². The minimum absolute atomic E-state index is 0.0279. The van der Waals surface area contributed by atoms with E-state index in [0.717, 1.165) is 0 Å². The fourth-order valence-corrected chi connectivity index (χ4v) is 2.39. The van der Waals surface area contributed by atoms with Gasteiger partial charge in [-0.15, -0.1) is 0 Å². The second-order valence-corrected chi connectivity index (χ2v) is 5.16. The number of nitrogens with two attached hydrogens (primary N) is 1. The Kier molecular flexibility index (Phi) is 4.69. The molecule has 3 N–H and O–H groups in total. The predicted molar refractivity (Wildman–Crippen MR) is 74.9 cm³/mol. The van der Waals surface area contributed by atoms with Gasteiger partial charge in [0.2, 0.25) is 11.8 Å². The van der Waals surface area contributed by atoms with E-state index in [0.29, 0.717) is 31.6 Å². The van der Waals surface area contributed by atoms with Crippen LogP contribution in [0, 0.1) is 12.8 Å². The van der Waals surface area contributed by atoms with Crippen LogP contribution in [0.2, 0.25) is 0 Å². The van der Waals surface area contributed by atoms with Gasteiger partial charge in [-0.3, -0.25) is 24.4 Å². The molecule has 1 aromatic rings. The van der Waals surface area contributed by atoms with Gasteiger partial charge in [-0.05, 0) is 19.8 Å². The number of hydrazine groups is 1. The standard InChI is InChI=1S/C13H19N5O3/c1-9-6-11(19)18(8-15-9)7-12(20)17-4-2-10(3-5-17)13(21)16-14/h6,8,10H,2-5,7,14H2,1H3,(H,16,21). The molecular formula is C13H19N5O3. The van der Waals surface area contributed by atoms with Gasteiger partial charge < -0.3 is 4.90 Å². The van der Waals surface area contributed by atoms with Crippen molar-refractivity contribution in [3.63, 3.8) is 0 Å². The first-order valence-electron chi connectivity index (χ1n) is 6.82. The van der Waals surface area contributed by atoms with E-state index in [4.69, 9.17) is 5.84 Å². The van der Waals surface area contributed by atoms with Crippen molar-refractivity contribution in [1.82, 2.24) is 19.9 Å². The van der Waals surface area contributed by atoms with Crippen LogP contribution >= 0.6 is 0 Å². The van der Waals surface area contributed by atoms with Crippen molar-refractivity contribution in [3.8, 4) is 0 Å². The van der Waals surface area contributed by atoms with Gasteiger partial charge in [0.05, 0.1) is 6.33 Å². The summed E-state index contributed by atoms with van der Waals surface area (Å²) in [5.41, 5.74) is 2.52. The van der Waals surface area contributed by atoms with E-state index in [1.54, 1.807) is 11.8 Å². The first-order valence-corrected chi connectivity index (χ1v) is 6.82. The van der Waals surface area contributed by atoms with Crippen LogP contribution in [0.1, 0.15) is 18.5 Å². The molecule has 0 atom stereocenters. The average molecular weight is 293 g/mol. The highest BCUT2D eigenvalue weighted by atomic mass is 16.2. The highest BCUT2D eigenvalue weighted by Gasteiger charge is 2.26. The van der Waals surface area contributed by atoms with Gasteiger partial charge in [0.25, 0.3) is 5.56 Å². The molecule has 0 radical (unpaired) electrons. The highest BCUT2D eigenvalue weighted by Crippen LogP contribution is 2.17. The summed E-state index contributed by atoms with van der Waals surface area (Å²) in [7, 11) is 0. The molecule has 0 aromatic carbocycles. The van der Waals surface area contributed by atoms with Crippen molar-refractivity contribution in [2.45, 2.75) is 26.3 Å². The zero-order valence-corrected chi connectivity index (χ0v) is 11.9. The van der Waals surface area contributed by atoms with Gasteiger partial charge in [-0.25, -0.2) is 10.8 Å². The van der Waals surface area contributed by atoms with Gasteiger partial charge in [-0.2, -0.15) is 0 Å². The summed E-state index contributed by atoms with van der Waals surface area (Å²) < 4.78 is 1.29. The second-order valence-electron chi connectivity index (χ2n) is 5.16. The zero-order valence-electron chi connectivity index (χ0n) is 11.9. The molecule has 1 aromatic heterocycles. The number of hydrogen-bond acceptors (Lipinski definition) is 5. The summed E-state index contributed by atoms with van der Waals surface area (Å²) >= 11 is 0. The molecule has 21 heavy (non-hydrogen) atoms. The van der Waals surface area contributed by atoms with E-state index in [9.17, 15) is 14.4 Å². The van der Waals surface area contributed by atoms with Crippen LogP contribution < -0.4 is 16.8 Å². The maximum Gasteiger partial charge on any atom is 0.253 e. The lowest BCUT2D eigenvalue weighted by Crippen LogP contribution is -2.45. The summed E-state index contributed by atoms with van der Waals surface area (Å²) in [6.07, 6.45) is 2.54. The van der Waals surface area contributed by atoms with E-state index in [1.807, 2.05) is 0 Å². The molecular weight excluding hydrogens is 274 g/mol. The third kappa shape index (κ3) is 3.66. The van der Waals surface area contributed by atoms with Gasteiger partial charge in [-0.1, -0.05) is 0 Å². The summed E-state index contributed by atoms with van der Waals surface area (Å²) in [5.74, 6) is 4.62. The number of amides is 2. The van der Waals surface area contributed by atoms with Crippen LogP contribution in [0.25, 0.3) is 0 Å². The lowest BCUT2D eigenvalue weighted by molar-refractivity contribution is -0.136. The van der Waals surface area contributed by atoms with Gasteiger partial charge >= 0.3 is 0 Å². The number of nitrogens with one attached hydrogen (secondary N) is 1. The lowest BCUT2D eigenvalue weighted by atomic mass is 9.96. The summed E-state index contributed by atoms with van der Waals surface area (Å²) in [6, 6.07) is 1.39. The van der Waals surface area contributed by atoms with Gasteiger partial charge in [0.15, 0.2) is 0 Å². The fraction of sp³-hybridized carbons (Fsp3) is 0.538. The third-order valence-corrected chi connectivity index (χ3v) is 3.68. The molecule has 0 spiro atoms. The Labute approximate surface area is 121 Å². The first-order chi connectivity index (χ1) is 10.0. The molecule has 2 amide bonds. The van der Waals surface area contributed by atoms with E-state index in [-0.39, 0.29) is 29.8 Å². The average Bonchev–Trinajstić information content (AvgIpc) is 2.49. The van der Waals surface area contributed by atoms with Crippen LogP contribution in [0.3, 0.4) is 0 Å². The number of carbonyl (C=O) groups excluding carboxylic acids is 2. The highest BCUT2D eigenvalue weighted by molar-refractivity contribution is 5.79. The maximum atomic E-state index is 12.2. The van der Waals surface area contributed by atoms with Crippen molar-refractivity contribution in [3.05, 3.63) is 28.4 Å². The molecule has 1 fully saturated rings. The van der Waals surface area contributed by atoms with Crippen LogP contribution in [0.5, 0.6) is 0 Å². The van der Waals surface area contributed by atoms with Gasteiger partial charge in [0.1, 0.15) is 6.54 Å². The Hall–Kier alpha value is -2.22. The van der Waals surface area contributed by atoms with Crippen LogP contribution in [0.15, 0.2) is 17.2 Å². The smallest absolute Gasteiger partial charge is 0.253 e. The normalized spacial score (nSPS) is 15.8. The topological polar surface area (TPSA) is 110 Å². The van der Waals surface area contributed by atoms with Crippen LogP contribution in [0.4, 0.5) is 0 Å². The number of aromatic nitrogens is 2. The van der Waals surface area contributed by atoms with Crippen LogP contribution in [-0.2, 0) is 16.1 Å². The predicted octanol–water partition coefficient (Wildman–Crippen LogP) is -1.22. The SMILES string of the molecule is Cc1cc(=O)n(CC(=O)N2CCC(C(=O)NN)CC2)cn1. The third-order valence-electron chi connectivity index (χ3n) is 3.68. The molecule has 114 valence electrons. The van der Waals surface area contributed by atoms with E-state index in [1.165, 1.54) is 17.0 Å². The molecule has 0 bridgehead atoms. The maximum absolute atomic E-state index is 12.2. The largest absolute Gasteiger partial charge is 0.341 e. The molecule has 8 nitrogen and oxygen atoms in total. The summed E-state index contributed by atoms with van der Waals surface area (Å²) in [6.45, 7) is 2.68. The molecule has 0 unspecified atom stereocenters. The summed E-state index contributed by atoms with van der Waals surface area (Å²) in [4.78, 5) is 41.0. The number of piperidine rings is 1. The summed E-state index contributed by atoms with van der Waals surface area (Å²) in [5, 5.41) is 0. The molecule has 1 saturated heterocycles. The molecule has 0 saturated carbocycles.